The number of hydrogen-bond donors (Lipinski definition) is 1. The molecule has 0 aromatic carbocycles. The van der Waals surface area contributed by atoms with Crippen LogP contribution in [0.1, 0.15) is 6.42 Å². The lowest BCUT2D eigenvalue weighted by Crippen LogP contribution is -2.39. The standard InChI is InChI=1S/C7H14FNO2S/c1-12(10,11)5-6-2-7(8)4-9-3-6/h6-7,9H,2-5H2,1H3. The number of hydrogen-bond acceptors (Lipinski definition) is 3. The van der Waals surface area contributed by atoms with E-state index >= 15 is 0 Å². The lowest BCUT2D eigenvalue weighted by atomic mass is 10.0. The van der Waals surface area contributed by atoms with Crippen molar-refractivity contribution in [3.8, 4) is 0 Å². The molecule has 0 aromatic rings. The Morgan fingerprint density at radius 1 is 1.50 bits per heavy atom. The average molecular weight is 195 g/mol. The molecule has 2 unspecified atom stereocenters. The van der Waals surface area contributed by atoms with E-state index < -0.39 is 16.0 Å². The first-order valence-corrected chi connectivity index (χ1v) is 6.06. The Morgan fingerprint density at radius 3 is 2.67 bits per heavy atom. The second kappa shape index (κ2) is 3.70. The van der Waals surface area contributed by atoms with Gasteiger partial charge in [0, 0.05) is 12.8 Å². The fourth-order valence-corrected chi connectivity index (χ4v) is 2.64. The average Bonchev–Trinajstić information content (AvgIpc) is 1.82. The summed E-state index contributed by atoms with van der Waals surface area (Å²) in [6, 6.07) is 0. The summed E-state index contributed by atoms with van der Waals surface area (Å²) in [7, 11) is -2.95. The van der Waals surface area contributed by atoms with E-state index in [2.05, 4.69) is 5.32 Å². The van der Waals surface area contributed by atoms with Crippen molar-refractivity contribution in [2.24, 2.45) is 5.92 Å². The first kappa shape index (κ1) is 9.92. The number of halogens is 1. The molecule has 0 aliphatic carbocycles. The van der Waals surface area contributed by atoms with Crippen LogP contribution in [0, 0.1) is 5.92 Å². The summed E-state index contributed by atoms with van der Waals surface area (Å²) >= 11 is 0. The molecule has 2 atom stereocenters. The quantitative estimate of drug-likeness (QED) is 0.673. The topological polar surface area (TPSA) is 46.2 Å². The molecule has 12 heavy (non-hydrogen) atoms. The molecule has 1 rings (SSSR count). The van der Waals surface area contributed by atoms with Gasteiger partial charge in [-0.15, -0.1) is 0 Å². The van der Waals surface area contributed by atoms with Crippen molar-refractivity contribution < 1.29 is 12.8 Å². The number of alkyl halides is 1. The van der Waals surface area contributed by atoms with Crippen molar-refractivity contribution >= 4 is 9.84 Å². The summed E-state index contributed by atoms with van der Waals surface area (Å²) in [4.78, 5) is 0. The highest BCUT2D eigenvalue weighted by Gasteiger charge is 2.23. The van der Waals surface area contributed by atoms with Crippen LogP contribution >= 0.6 is 0 Å². The molecule has 72 valence electrons. The lowest BCUT2D eigenvalue weighted by molar-refractivity contribution is 0.225. The molecule has 1 saturated heterocycles. The molecular weight excluding hydrogens is 181 g/mol. The van der Waals surface area contributed by atoms with Gasteiger partial charge in [-0.3, -0.25) is 0 Å². The van der Waals surface area contributed by atoms with E-state index in [1.54, 1.807) is 0 Å². The number of nitrogens with one attached hydrogen (secondary N) is 1. The molecule has 1 heterocycles. The zero-order chi connectivity index (χ0) is 9.19. The van der Waals surface area contributed by atoms with Gasteiger partial charge in [-0.25, -0.2) is 12.8 Å². The molecule has 0 spiro atoms. The molecule has 1 aliphatic rings. The highest BCUT2D eigenvalue weighted by molar-refractivity contribution is 7.90. The van der Waals surface area contributed by atoms with Crippen molar-refractivity contribution in [3.05, 3.63) is 0 Å². The molecule has 3 nitrogen and oxygen atoms in total. The Labute approximate surface area is 72.3 Å². The van der Waals surface area contributed by atoms with Crippen molar-refractivity contribution in [1.29, 1.82) is 0 Å². The minimum Gasteiger partial charge on any atom is -0.314 e. The normalized spacial score (nSPS) is 31.8. The third-order valence-electron chi connectivity index (χ3n) is 1.93. The molecular formula is C7H14FNO2S. The third-order valence-corrected chi connectivity index (χ3v) is 3.00. The van der Waals surface area contributed by atoms with Crippen LogP contribution in [0.5, 0.6) is 0 Å². The van der Waals surface area contributed by atoms with Crippen molar-refractivity contribution in [3.63, 3.8) is 0 Å². The van der Waals surface area contributed by atoms with E-state index in [0.29, 0.717) is 19.5 Å². The van der Waals surface area contributed by atoms with Crippen molar-refractivity contribution in [1.82, 2.24) is 5.32 Å². The molecule has 0 saturated carbocycles. The lowest BCUT2D eigenvalue weighted by Gasteiger charge is -2.24. The molecule has 1 fully saturated rings. The maximum absolute atomic E-state index is 12.8. The predicted octanol–water partition coefficient (Wildman–Crippen LogP) is -0.0214. The third kappa shape index (κ3) is 3.49. The van der Waals surface area contributed by atoms with E-state index in [4.69, 9.17) is 0 Å². The second-order valence-electron chi connectivity index (χ2n) is 3.45. The second-order valence-corrected chi connectivity index (χ2v) is 5.63. The first-order valence-electron chi connectivity index (χ1n) is 4.00. The number of piperidine rings is 1. The molecule has 0 radical (unpaired) electrons. The number of sulfone groups is 1. The molecule has 0 bridgehead atoms. The van der Waals surface area contributed by atoms with Gasteiger partial charge < -0.3 is 5.32 Å². The molecule has 1 N–H and O–H groups in total. The summed E-state index contributed by atoms with van der Waals surface area (Å²) in [5.74, 6) is 0.0456. The summed E-state index contributed by atoms with van der Waals surface area (Å²) in [6.45, 7) is 0.980. The summed E-state index contributed by atoms with van der Waals surface area (Å²) in [5.41, 5.74) is 0. The Bertz CT molecular complexity index is 240. The van der Waals surface area contributed by atoms with Gasteiger partial charge in [0.2, 0.25) is 0 Å². The molecule has 5 heteroatoms. The van der Waals surface area contributed by atoms with Gasteiger partial charge in [-0.2, -0.15) is 0 Å². The van der Waals surface area contributed by atoms with Crippen LogP contribution in [0.15, 0.2) is 0 Å². The van der Waals surface area contributed by atoms with Crippen LogP contribution in [-0.4, -0.2) is 39.7 Å². The van der Waals surface area contributed by atoms with E-state index in [-0.39, 0.29) is 11.7 Å². The summed E-state index contributed by atoms with van der Waals surface area (Å²) < 4.78 is 34.5. The Kier molecular flexibility index (Phi) is 3.06. The van der Waals surface area contributed by atoms with E-state index in [1.807, 2.05) is 0 Å². The highest BCUT2D eigenvalue weighted by Crippen LogP contribution is 2.14. The van der Waals surface area contributed by atoms with Crippen molar-refractivity contribution in [2.75, 3.05) is 25.1 Å². The van der Waals surface area contributed by atoms with E-state index in [0.717, 1.165) is 0 Å². The molecule has 0 aromatic heterocycles. The molecule has 1 aliphatic heterocycles. The predicted molar refractivity (Wildman–Crippen MR) is 45.6 cm³/mol. The minimum absolute atomic E-state index is 0.0521. The Morgan fingerprint density at radius 2 is 2.17 bits per heavy atom. The van der Waals surface area contributed by atoms with Gasteiger partial charge in [0.25, 0.3) is 0 Å². The monoisotopic (exact) mass is 195 g/mol. The zero-order valence-corrected chi connectivity index (χ0v) is 7.90. The Balaban J connectivity index is 2.43. The molecule has 0 amide bonds. The summed E-state index contributed by atoms with van der Waals surface area (Å²) in [5, 5.41) is 2.87. The van der Waals surface area contributed by atoms with Gasteiger partial charge in [-0.1, -0.05) is 0 Å². The minimum atomic E-state index is -2.95. The van der Waals surface area contributed by atoms with Gasteiger partial charge in [0.05, 0.1) is 5.75 Å². The fourth-order valence-electron chi connectivity index (χ4n) is 1.53. The SMILES string of the molecule is CS(=O)(=O)CC1CNCC(F)C1. The van der Waals surface area contributed by atoms with Crippen LogP contribution in [0.3, 0.4) is 0 Å². The van der Waals surface area contributed by atoms with Crippen LogP contribution in [0.2, 0.25) is 0 Å². The van der Waals surface area contributed by atoms with Gasteiger partial charge >= 0.3 is 0 Å². The van der Waals surface area contributed by atoms with E-state index in [1.165, 1.54) is 6.26 Å². The maximum atomic E-state index is 12.8. The fraction of sp³-hybridized carbons (Fsp3) is 1.00. The smallest absolute Gasteiger partial charge is 0.147 e. The van der Waals surface area contributed by atoms with Crippen LogP contribution < -0.4 is 5.32 Å². The largest absolute Gasteiger partial charge is 0.314 e. The van der Waals surface area contributed by atoms with Gasteiger partial charge in [0.1, 0.15) is 16.0 Å². The Hall–Kier alpha value is -0.160. The first-order chi connectivity index (χ1) is 5.47. The highest BCUT2D eigenvalue weighted by atomic mass is 32.2. The zero-order valence-electron chi connectivity index (χ0n) is 7.09. The van der Waals surface area contributed by atoms with Crippen LogP contribution in [0.25, 0.3) is 0 Å². The van der Waals surface area contributed by atoms with Gasteiger partial charge in [-0.05, 0) is 18.9 Å². The van der Waals surface area contributed by atoms with Crippen LogP contribution in [-0.2, 0) is 9.84 Å². The summed E-state index contributed by atoms with van der Waals surface area (Å²) in [6.07, 6.45) is 0.681. The van der Waals surface area contributed by atoms with Crippen LogP contribution in [0.4, 0.5) is 4.39 Å². The van der Waals surface area contributed by atoms with E-state index in [9.17, 15) is 12.8 Å². The van der Waals surface area contributed by atoms with Crippen molar-refractivity contribution in [2.45, 2.75) is 12.6 Å². The maximum Gasteiger partial charge on any atom is 0.147 e. The van der Waals surface area contributed by atoms with Gasteiger partial charge in [0.15, 0.2) is 0 Å². The number of rotatable bonds is 2.